The van der Waals surface area contributed by atoms with Crippen LogP contribution in [0.3, 0.4) is 0 Å². The fraction of sp³-hybridized carbons (Fsp3) is 0.118. The number of fused-ring (bicyclic) bond motifs is 1. The number of hydrogen-bond acceptors (Lipinski definition) is 3. The molecule has 5 heteroatoms. The van der Waals surface area contributed by atoms with E-state index < -0.39 is 10.0 Å². The number of pyridine rings is 1. The largest absolute Gasteiger partial charge is 0.248 e. The summed E-state index contributed by atoms with van der Waals surface area (Å²) in [6.07, 6.45) is 0. The number of aryl methyl sites for hydroxylation is 1. The first-order chi connectivity index (χ1) is 10.5. The lowest BCUT2D eigenvalue weighted by atomic mass is 10.1. The molecular weight excluding hydrogens is 296 g/mol. The van der Waals surface area contributed by atoms with Crippen LogP contribution in [0.2, 0.25) is 0 Å². The van der Waals surface area contributed by atoms with Crippen LogP contribution in [0.5, 0.6) is 0 Å². The normalized spacial score (nSPS) is 11.7. The van der Waals surface area contributed by atoms with E-state index in [2.05, 4.69) is 9.71 Å². The average Bonchev–Trinajstić information content (AvgIpc) is 2.55. The molecule has 0 radical (unpaired) electrons. The van der Waals surface area contributed by atoms with Crippen molar-refractivity contribution >= 4 is 20.9 Å². The van der Waals surface area contributed by atoms with Gasteiger partial charge in [-0.15, -0.1) is 0 Å². The minimum Gasteiger partial charge on any atom is -0.248 e. The minimum absolute atomic E-state index is 0.247. The molecular formula is C17H16N2O2S. The monoisotopic (exact) mass is 312 g/mol. The van der Waals surface area contributed by atoms with E-state index >= 15 is 0 Å². The molecule has 22 heavy (non-hydrogen) atoms. The van der Waals surface area contributed by atoms with Crippen molar-refractivity contribution in [3.63, 3.8) is 0 Å². The highest BCUT2D eigenvalue weighted by Gasteiger charge is 2.11. The Kier molecular flexibility index (Phi) is 3.68. The molecule has 0 spiro atoms. The zero-order valence-electron chi connectivity index (χ0n) is 12.4. The van der Waals surface area contributed by atoms with Gasteiger partial charge in [0.25, 0.3) is 0 Å². The van der Waals surface area contributed by atoms with E-state index in [-0.39, 0.29) is 4.90 Å². The Morgan fingerprint density at radius 3 is 2.36 bits per heavy atom. The van der Waals surface area contributed by atoms with Crippen molar-refractivity contribution in [2.24, 2.45) is 0 Å². The van der Waals surface area contributed by atoms with Crippen LogP contribution < -0.4 is 4.72 Å². The van der Waals surface area contributed by atoms with Crippen LogP contribution >= 0.6 is 0 Å². The predicted octanol–water partition coefficient (Wildman–Crippen LogP) is 3.12. The van der Waals surface area contributed by atoms with Crippen molar-refractivity contribution in [1.29, 1.82) is 0 Å². The third kappa shape index (κ3) is 2.61. The summed E-state index contributed by atoms with van der Waals surface area (Å²) in [5, 5.41) is 1.13. The lowest BCUT2D eigenvalue weighted by Crippen LogP contribution is -2.18. The zero-order chi connectivity index (χ0) is 15.7. The highest BCUT2D eigenvalue weighted by Crippen LogP contribution is 2.25. The number of para-hydroxylation sites is 1. The summed E-state index contributed by atoms with van der Waals surface area (Å²) in [4.78, 5) is 4.90. The molecule has 0 atom stereocenters. The second-order valence-corrected chi connectivity index (χ2v) is 6.96. The summed E-state index contributed by atoms with van der Waals surface area (Å²) >= 11 is 0. The van der Waals surface area contributed by atoms with E-state index in [4.69, 9.17) is 0 Å². The fourth-order valence-corrected chi connectivity index (χ4v) is 3.15. The highest BCUT2D eigenvalue weighted by molar-refractivity contribution is 7.89. The van der Waals surface area contributed by atoms with Gasteiger partial charge in [-0.1, -0.05) is 30.3 Å². The maximum Gasteiger partial charge on any atom is 0.240 e. The molecule has 0 fully saturated rings. The van der Waals surface area contributed by atoms with Crippen LogP contribution in [0.1, 0.15) is 5.56 Å². The van der Waals surface area contributed by atoms with Gasteiger partial charge in [-0.2, -0.15) is 0 Å². The first kappa shape index (κ1) is 14.7. The quantitative estimate of drug-likeness (QED) is 0.808. The number of aromatic nitrogens is 1. The van der Waals surface area contributed by atoms with Gasteiger partial charge >= 0.3 is 0 Å². The fourth-order valence-electron chi connectivity index (χ4n) is 2.42. The first-order valence-electron chi connectivity index (χ1n) is 6.91. The smallest absolute Gasteiger partial charge is 0.240 e. The maximum absolute atomic E-state index is 11.8. The van der Waals surface area contributed by atoms with Crippen molar-refractivity contribution in [1.82, 2.24) is 9.71 Å². The van der Waals surface area contributed by atoms with Crippen LogP contribution in [-0.4, -0.2) is 20.4 Å². The first-order valence-corrected chi connectivity index (χ1v) is 8.40. The molecule has 1 N–H and O–H groups in total. The molecule has 0 aliphatic carbocycles. The van der Waals surface area contributed by atoms with Crippen LogP contribution in [0, 0.1) is 6.92 Å². The Balaban J connectivity index is 2.08. The summed E-state index contributed by atoms with van der Waals surface area (Å²) in [5.74, 6) is 0. The van der Waals surface area contributed by atoms with Gasteiger partial charge in [0.15, 0.2) is 0 Å². The Morgan fingerprint density at radius 1 is 1.00 bits per heavy atom. The second kappa shape index (κ2) is 5.51. The summed E-state index contributed by atoms with van der Waals surface area (Å²) in [7, 11) is -2.01. The summed E-state index contributed by atoms with van der Waals surface area (Å²) in [5.41, 5.74) is 3.81. The van der Waals surface area contributed by atoms with Crippen molar-refractivity contribution in [3.8, 4) is 11.3 Å². The molecule has 112 valence electrons. The van der Waals surface area contributed by atoms with E-state index in [1.165, 1.54) is 7.05 Å². The standard InChI is InChI=1S/C17H16N2O2S/c1-12-11-17(19-16-6-4-3-5-15(12)16)13-7-9-14(10-8-13)22(20,21)18-2/h3-11,18H,1-2H3. The van der Waals surface area contributed by atoms with Gasteiger partial charge in [-0.05, 0) is 43.8 Å². The van der Waals surface area contributed by atoms with Crippen LogP contribution in [0.25, 0.3) is 22.2 Å². The third-order valence-electron chi connectivity index (χ3n) is 3.65. The van der Waals surface area contributed by atoms with Crippen molar-refractivity contribution in [3.05, 3.63) is 60.2 Å². The SMILES string of the molecule is CNS(=O)(=O)c1ccc(-c2cc(C)c3ccccc3n2)cc1. The number of nitrogens with zero attached hydrogens (tertiary/aromatic N) is 1. The Labute approximate surface area is 129 Å². The number of sulfonamides is 1. The van der Waals surface area contributed by atoms with Crippen LogP contribution in [0.15, 0.2) is 59.5 Å². The molecule has 0 amide bonds. The summed E-state index contributed by atoms with van der Waals surface area (Å²) < 4.78 is 25.8. The lowest BCUT2D eigenvalue weighted by Gasteiger charge is -2.08. The van der Waals surface area contributed by atoms with E-state index in [1.54, 1.807) is 24.3 Å². The number of nitrogens with one attached hydrogen (secondary N) is 1. The molecule has 3 aromatic rings. The van der Waals surface area contributed by atoms with Gasteiger partial charge in [0.2, 0.25) is 10.0 Å². The molecule has 0 saturated carbocycles. The average molecular weight is 312 g/mol. The van der Waals surface area contributed by atoms with Gasteiger partial charge in [-0.25, -0.2) is 18.1 Å². The maximum atomic E-state index is 11.8. The third-order valence-corrected chi connectivity index (χ3v) is 5.08. The second-order valence-electron chi connectivity index (χ2n) is 5.07. The minimum atomic E-state index is -3.41. The molecule has 1 aromatic heterocycles. The van der Waals surface area contributed by atoms with E-state index in [0.29, 0.717) is 0 Å². The molecule has 0 saturated heterocycles. The summed E-state index contributed by atoms with van der Waals surface area (Å²) in [6, 6.07) is 16.7. The van der Waals surface area contributed by atoms with E-state index in [0.717, 1.165) is 27.7 Å². The van der Waals surface area contributed by atoms with Gasteiger partial charge < -0.3 is 0 Å². The van der Waals surface area contributed by atoms with Crippen molar-refractivity contribution < 1.29 is 8.42 Å². The Hall–Kier alpha value is -2.24. The summed E-state index contributed by atoms with van der Waals surface area (Å²) in [6.45, 7) is 2.05. The molecule has 1 heterocycles. The Bertz CT molecular complexity index is 933. The Morgan fingerprint density at radius 2 is 1.68 bits per heavy atom. The van der Waals surface area contributed by atoms with Crippen molar-refractivity contribution in [2.45, 2.75) is 11.8 Å². The number of rotatable bonds is 3. The number of hydrogen-bond donors (Lipinski definition) is 1. The topological polar surface area (TPSA) is 59.1 Å². The van der Waals surface area contributed by atoms with Crippen molar-refractivity contribution in [2.75, 3.05) is 7.05 Å². The van der Waals surface area contributed by atoms with Gasteiger partial charge in [-0.3, -0.25) is 0 Å². The van der Waals surface area contributed by atoms with Gasteiger partial charge in [0, 0.05) is 10.9 Å². The van der Waals surface area contributed by atoms with E-state index in [9.17, 15) is 8.42 Å². The predicted molar refractivity (Wildman–Crippen MR) is 88.2 cm³/mol. The molecule has 3 rings (SSSR count). The molecule has 0 aliphatic heterocycles. The zero-order valence-corrected chi connectivity index (χ0v) is 13.2. The molecule has 0 aliphatic rings. The van der Waals surface area contributed by atoms with Crippen LogP contribution in [-0.2, 0) is 10.0 Å². The number of benzene rings is 2. The molecule has 0 unspecified atom stereocenters. The van der Waals surface area contributed by atoms with E-state index in [1.807, 2.05) is 37.3 Å². The van der Waals surface area contributed by atoms with Gasteiger partial charge in [0.1, 0.15) is 0 Å². The lowest BCUT2D eigenvalue weighted by molar-refractivity contribution is 0.588. The highest BCUT2D eigenvalue weighted by atomic mass is 32.2. The molecule has 4 nitrogen and oxygen atoms in total. The molecule has 2 aromatic carbocycles. The molecule has 0 bridgehead atoms. The van der Waals surface area contributed by atoms with Crippen LogP contribution in [0.4, 0.5) is 0 Å². The van der Waals surface area contributed by atoms with Gasteiger partial charge in [0.05, 0.1) is 16.1 Å².